The van der Waals surface area contributed by atoms with Gasteiger partial charge in [0, 0.05) is 23.5 Å². The van der Waals surface area contributed by atoms with Crippen molar-refractivity contribution < 1.29 is 4.79 Å². The number of rotatable bonds is 5. The molecule has 0 aliphatic carbocycles. The molecule has 0 unspecified atom stereocenters. The van der Waals surface area contributed by atoms with Crippen LogP contribution in [0.1, 0.15) is 36.7 Å². The summed E-state index contributed by atoms with van der Waals surface area (Å²) in [6, 6.07) is 8.09. The number of carbonyl (C=O) groups excluding carboxylic acids is 1. The average Bonchev–Trinajstić information content (AvgIpc) is 2.34. The van der Waals surface area contributed by atoms with Gasteiger partial charge >= 0.3 is 0 Å². The van der Waals surface area contributed by atoms with Gasteiger partial charge in [0.25, 0.3) is 5.91 Å². The van der Waals surface area contributed by atoms with Crippen molar-refractivity contribution in [2.45, 2.75) is 33.2 Å². The molecule has 1 aromatic carbocycles. The molecular weight excluding hydrogens is 278 g/mol. The summed E-state index contributed by atoms with van der Waals surface area (Å²) in [6.07, 6.45) is 0.891. The number of halogens is 1. The first kappa shape index (κ1) is 14.2. The summed E-state index contributed by atoms with van der Waals surface area (Å²) in [5.41, 5.74) is 1.96. The van der Waals surface area contributed by atoms with Gasteiger partial charge in [-0.15, -0.1) is 0 Å². The lowest BCUT2D eigenvalue weighted by Gasteiger charge is -2.26. The molecule has 0 N–H and O–H groups in total. The van der Waals surface area contributed by atoms with E-state index in [2.05, 4.69) is 36.7 Å². The molecule has 1 rings (SSSR count). The van der Waals surface area contributed by atoms with E-state index in [-0.39, 0.29) is 11.9 Å². The van der Waals surface area contributed by atoms with Crippen LogP contribution in [0, 0.1) is 0 Å². The van der Waals surface area contributed by atoms with E-state index in [0.717, 1.165) is 29.4 Å². The highest BCUT2D eigenvalue weighted by Crippen LogP contribution is 2.14. The zero-order valence-corrected chi connectivity index (χ0v) is 12.3. The van der Waals surface area contributed by atoms with Crippen LogP contribution in [0.3, 0.4) is 0 Å². The molecule has 0 atom stereocenters. The number of amides is 1. The molecule has 0 fully saturated rings. The second-order valence-electron chi connectivity index (χ2n) is 4.29. The summed E-state index contributed by atoms with van der Waals surface area (Å²) >= 11 is 3.40. The normalized spacial score (nSPS) is 10.6. The van der Waals surface area contributed by atoms with E-state index in [1.807, 2.05) is 29.2 Å². The van der Waals surface area contributed by atoms with Crippen LogP contribution < -0.4 is 0 Å². The lowest BCUT2D eigenvalue weighted by atomic mass is 10.0. The Labute approximate surface area is 112 Å². The summed E-state index contributed by atoms with van der Waals surface area (Å²) in [7, 11) is 0. The quantitative estimate of drug-likeness (QED) is 0.762. The summed E-state index contributed by atoms with van der Waals surface area (Å²) in [5, 5.41) is 0.811. The molecule has 0 spiro atoms. The lowest BCUT2D eigenvalue weighted by Crippen LogP contribution is -2.38. The van der Waals surface area contributed by atoms with E-state index in [1.165, 1.54) is 0 Å². The van der Waals surface area contributed by atoms with Crippen LogP contribution in [0.15, 0.2) is 24.3 Å². The monoisotopic (exact) mass is 297 g/mol. The van der Waals surface area contributed by atoms with Gasteiger partial charge in [-0.25, -0.2) is 0 Å². The zero-order chi connectivity index (χ0) is 12.8. The maximum Gasteiger partial charge on any atom is 0.254 e. The molecule has 0 heterocycles. The molecule has 0 saturated carbocycles. The highest BCUT2D eigenvalue weighted by molar-refractivity contribution is 9.09. The van der Waals surface area contributed by atoms with Gasteiger partial charge in [-0.2, -0.15) is 0 Å². The van der Waals surface area contributed by atoms with Crippen molar-refractivity contribution in [1.29, 1.82) is 0 Å². The predicted octanol–water partition coefficient (Wildman–Crippen LogP) is 3.49. The molecule has 94 valence electrons. The molecule has 0 aromatic heterocycles. The molecule has 0 aliphatic heterocycles. The van der Waals surface area contributed by atoms with E-state index in [0.29, 0.717) is 0 Å². The Kier molecular flexibility index (Phi) is 5.69. The third kappa shape index (κ3) is 3.56. The standard InChI is InChI=1S/C14H20BrNO/c1-4-12-7-5-6-8-13(12)14(17)16(10-9-15)11(2)3/h5-8,11H,4,9-10H2,1-3H3. The van der Waals surface area contributed by atoms with Crippen molar-refractivity contribution in [3.8, 4) is 0 Å². The molecule has 0 bridgehead atoms. The Balaban J connectivity index is 3.00. The number of hydrogen-bond acceptors (Lipinski definition) is 1. The first-order chi connectivity index (χ1) is 8.11. The minimum absolute atomic E-state index is 0.136. The molecule has 0 saturated heterocycles. The average molecular weight is 298 g/mol. The van der Waals surface area contributed by atoms with E-state index >= 15 is 0 Å². The molecule has 17 heavy (non-hydrogen) atoms. The molecule has 1 aromatic rings. The third-order valence-corrected chi connectivity index (χ3v) is 3.19. The fraction of sp³-hybridized carbons (Fsp3) is 0.500. The number of nitrogens with zero attached hydrogens (tertiary/aromatic N) is 1. The largest absolute Gasteiger partial charge is 0.335 e. The van der Waals surface area contributed by atoms with Crippen molar-refractivity contribution in [2.24, 2.45) is 0 Å². The zero-order valence-electron chi connectivity index (χ0n) is 10.7. The van der Waals surface area contributed by atoms with Gasteiger partial charge in [0.15, 0.2) is 0 Å². The van der Waals surface area contributed by atoms with Crippen LogP contribution >= 0.6 is 15.9 Å². The van der Waals surface area contributed by atoms with Crippen molar-refractivity contribution in [1.82, 2.24) is 4.90 Å². The Morgan fingerprint density at radius 1 is 1.35 bits per heavy atom. The van der Waals surface area contributed by atoms with Gasteiger partial charge in [-0.3, -0.25) is 4.79 Å². The fourth-order valence-corrected chi connectivity index (χ4v) is 2.26. The first-order valence-electron chi connectivity index (χ1n) is 6.06. The molecular formula is C14H20BrNO. The van der Waals surface area contributed by atoms with E-state index < -0.39 is 0 Å². The van der Waals surface area contributed by atoms with Crippen LogP contribution in [0.5, 0.6) is 0 Å². The van der Waals surface area contributed by atoms with Gasteiger partial charge in [0.1, 0.15) is 0 Å². The Morgan fingerprint density at radius 2 is 2.00 bits per heavy atom. The van der Waals surface area contributed by atoms with Crippen LogP contribution in [0.4, 0.5) is 0 Å². The number of carbonyl (C=O) groups is 1. The number of benzene rings is 1. The SMILES string of the molecule is CCc1ccccc1C(=O)N(CCBr)C(C)C. The van der Waals surface area contributed by atoms with E-state index in [9.17, 15) is 4.79 Å². The number of hydrogen-bond donors (Lipinski definition) is 0. The highest BCUT2D eigenvalue weighted by atomic mass is 79.9. The minimum Gasteiger partial charge on any atom is -0.335 e. The van der Waals surface area contributed by atoms with Crippen LogP contribution in [-0.2, 0) is 6.42 Å². The predicted molar refractivity (Wildman–Crippen MR) is 75.8 cm³/mol. The number of aryl methyl sites for hydroxylation is 1. The maximum atomic E-state index is 12.5. The van der Waals surface area contributed by atoms with Crippen molar-refractivity contribution in [2.75, 3.05) is 11.9 Å². The van der Waals surface area contributed by atoms with Gasteiger partial charge in [-0.05, 0) is 31.9 Å². The van der Waals surface area contributed by atoms with Crippen LogP contribution in [0.25, 0.3) is 0 Å². The van der Waals surface area contributed by atoms with Gasteiger partial charge in [0.05, 0.1) is 0 Å². The summed E-state index contributed by atoms with van der Waals surface area (Å²) < 4.78 is 0. The van der Waals surface area contributed by atoms with Crippen molar-refractivity contribution >= 4 is 21.8 Å². The molecule has 0 aliphatic rings. The topological polar surface area (TPSA) is 20.3 Å². The van der Waals surface area contributed by atoms with E-state index in [1.54, 1.807) is 0 Å². The molecule has 3 heteroatoms. The van der Waals surface area contributed by atoms with E-state index in [4.69, 9.17) is 0 Å². The Morgan fingerprint density at radius 3 is 2.53 bits per heavy atom. The first-order valence-corrected chi connectivity index (χ1v) is 7.18. The Hall–Kier alpha value is -0.830. The fourth-order valence-electron chi connectivity index (χ4n) is 1.88. The second-order valence-corrected chi connectivity index (χ2v) is 5.08. The van der Waals surface area contributed by atoms with Crippen molar-refractivity contribution in [3.63, 3.8) is 0 Å². The van der Waals surface area contributed by atoms with Gasteiger partial charge < -0.3 is 4.90 Å². The second kappa shape index (κ2) is 6.80. The Bertz CT molecular complexity index is 376. The third-order valence-electron chi connectivity index (χ3n) is 2.84. The molecule has 2 nitrogen and oxygen atoms in total. The van der Waals surface area contributed by atoms with Crippen molar-refractivity contribution in [3.05, 3.63) is 35.4 Å². The van der Waals surface area contributed by atoms with Crippen LogP contribution in [-0.4, -0.2) is 28.7 Å². The van der Waals surface area contributed by atoms with Gasteiger partial charge in [0.2, 0.25) is 0 Å². The molecule has 1 amide bonds. The summed E-state index contributed by atoms with van der Waals surface area (Å²) in [6.45, 7) is 6.93. The number of alkyl halides is 1. The smallest absolute Gasteiger partial charge is 0.254 e. The lowest BCUT2D eigenvalue weighted by molar-refractivity contribution is 0.0718. The minimum atomic E-state index is 0.136. The highest BCUT2D eigenvalue weighted by Gasteiger charge is 2.19. The molecule has 0 radical (unpaired) electrons. The summed E-state index contributed by atoms with van der Waals surface area (Å²) in [5.74, 6) is 0.136. The van der Waals surface area contributed by atoms with Gasteiger partial charge in [-0.1, -0.05) is 41.1 Å². The maximum absolute atomic E-state index is 12.5. The summed E-state index contributed by atoms with van der Waals surface area (Å²) in [4.78, 5) is 14.4. The van der Waals surface area contributed by atoms with Crippen LogP contribution in [0.2, 0.25) is 0 Å².